The number of nitrogens with one attached hydrogen (secondary N) is 2. The standard InChI is InChI=1S/C18H18F2N2O4S/c1-11(13-5-8-15(19)16(20)9-13)22-18(24)12-3-6-14(7-4-12)27(25,26)10-17(23)21-2/h3-9,11H,10H2,1-2H3,(H,21,23)(H,22,24)/t11-/m1/s1. The van der Waals surface area contributed by atoms with E-state index in [1.807, 2.05) is 0 Å². The molecule has 0 fully saturated rings. The van der Waals surface area contributed by atoms with Crippen LogP contribution in [0.3, 0.4) is 0 Å². The van der Waals surface area contributed by atoms with Crippen molar-refractivity contribution in [2.24, 2.45) is 0 Å². The molecule has 2 amide bonds. The van der Waals surface area contributed by atoms with E-state index in [1.165, 1.54) is 37.4 Å². The highest BCUT2D eigenvalue weighted by molar-refractivity contribution is 7.92. The van der Waals surface area contributed by atoms with Crippen LogP contribution in [0.5, 0.6) is 0 Å². The van der Waals surface area contributed by atoms with Gasteiger partial charge in [-0.2, -0.15) is 0 Å². The molecule has 0 unspecified atom stereocenters. The Bertz CT molecular complexity index is 960. The predicted molar refractivity (Wildman–Crippen MR) is 94.8 cm³/mol. The Labute approximate surface area is 155 Å². The minimum Gasteiger partial charge on any atom is -0.358 e. The lowest BCUT2D eigenvalue weighted by Gasteiger charge is -2.15. The number of carbonyl (C=O) groups is 2. The average Bonchev–Trinajstić information content (AvgIpc) is 2.63. The molecule has 1 atom stereocenters. The molecule has 2 aromatic carbocycles. The van der Waals surface area contributed by atoms with Gasteiger partial charge in [-0.3, -0.25) is 9.59 Å². The number of carbonyl (C=O) groups excluding carboxylic acids is 2. The number of hydrogen-bond acceptors (Lipinski definition) is 4. The molecule has 27 heavy (non-hydrogen) atoms. The molecule has 0 aliphatic heterocycles. The molecule has 0 spiro atoms. The van der Waals surface area contributed by atoms with Crippen molar-refractivity contribution in [1.29, 1.82) is 0 Å². The van der Waals surface area contributed by atoms with E-state index in [9.17, 15) is 26.8 Å². The Morgan fingerprint density at radius 2 is 1.67 bits per heavy atom. The molecule has 2 rings (SSSR count). The van der Waals surface area contributed by atoms with E-state index in [-0.39, 0.29) is 10.5 Å². The van der Waals surface area contributed by atoms with Crippen molar-refractivity contribution in [1.82, 2.24) is 10.6 Å². The molecule has 2 aromatic rings. The summed E-state index contributed by atoms with van der Waals surface area (Å²) in [6.45, 7) is 1.60. The quantitative estimate of drug-likeness (QED) is 0.781. The van der Waals surface area contributed by atoms with Crippen LogP contribution < -0.4 is 10.6 Å². The van der Waals surface area contributed by atoms with E-state index in [0.29, 0.717) is 5.56 Å². The third kappa shape index (κ3) is 5.10. The van der Waals surface area contributed by atoms with Gasteiger partial charge in [0.25, 0.3) is 5.91 Å². The molecule has 9 heteroatoms. The first-order valence-corrected chi connectivity index (χ1v) is 9.58. The Morgan fingerprint density at radius 3 is 2.22 bits per heavy atom. The zero-order valence-corrected chi connectivity index (χ0v) is 15.4. The normalized spacial score (nSPS) is 12.3. The Hall–Kier alpha value is -2.81. The van der Waals surface area contributed by atoms with Crippen molar-refractivity contribution < 1.29 is 26.8 Å². The van der Waals surface area contributed by atoms with Crippen molar-refractivity contribution in [3.63, 3.8) is 0 Å². The van der Waals surface area contributed by atoms with E-state index in [0.717, 1.165) is 12.1 Å². The smallest absolute Gasteiger partial charge is 0.251 e. The second kappa shape index (κ2) is 8.26. The van der Waals surface area contributed by atoms with E-state index in [1.54, 1.807) is 6.92 Å². The first-order chi connectivity index (χ1) is 12.6. The van der Waals surface area contributed by atoms with E-state index < -0.39 is 45.1 Å². The van der Waals surface area contributed by atoms with Gasteiger partial charge < -0.3 is 10.6 Å². The zero-order chi connectivity index (χ0) is 20.2. The summed E-state index contributed by atoms with van der Waals surface area (Å²) in [6.07, 6.45) is 0. The van der Waals surface area contributed by atoms with Crippen LogP contribution in [0.15, 0.2) is 47.4 Å². The van der Waals surface area contributed by atoms with E-state index >= 15 is 0 Å². The zero-order valence-electron chi connectivity index (χ0n) is 14.6. The lowest BCUT2D eigenvalue weighted by molar-refractivity contribution is -0.118. The maximum Gasteiger partial charge on any atom is 0.251 e. The highest BCUT2D eigenvalue weighted by Crippen LogP contribution is 2.17. The topological polar surface area (TPSA) is 92.3 Å². The molecule has 0 aliphatic rings. The molecule has 0 saturated heterocycles. The fourth-order valence-corrected chi connectivity index (χ4v) is 3.49. The van der Waals surface area contributed by atoms with Crippen molar-refractivity contribution in [2.45, 2.75) is 17.9 Å². The summed E-state index contributed by atoms with van der Waals surface area (Å²) in [6, 6.07) is 7.81. The number of halogens is 2. The molecular formula is C18H18F2N2O4S. The van der Waals surface area contributed by atoms with Crippen molar-refractivity contribution in [2.75, 3.05) is 12.8 Å². The lowest BCUT2D eigenvalue weighted by Crippen LogP contribution is -2.27. The first-order valence-electron chi connectivity index (χ1n) is 7.93. The number of benzene rings is 2. The van der Waals surface area contributed by atoms with Gasteiger partial charge in [0.1, 0.15) is 5.75 Å². The maximum atomic E-state index is 13.3. The third-order valence-electron chi connectivity index (χ3n) is 3.87. The van der Waals surface area contributed by atoms with E-state index in [4.69, 9.17) is 0 Å². The van der Waals surface area contributed by atoms with Crippen LogP contribution in [-0.4, -0.2) is 33.0 Å². The number of hydrogen-bond donors (Lipinski definition) is 2. The SMILES string of the molecule is CNC(=O)CS(=O)(=O)c1ccc(C(=O)N[C@H](C)c2ccc(F)c(F)c2)cc1. The number of rotatable bonds is 6. The summed E-state index contributed by atoms with van der Waals surface area (Å²) in [5.74, 6) is -3.84. The summed E-state index contributed by atoms with van der Waals surface area (Å²) in [7, 11) is -2.48. The van der Waals surface area contributed by atoms with Crippen molar-refractivity contribution in [3.8, 4) is 0 Å². The van der Waals surface area contributed by atoms with Crippen LogP contribution in [0.1, 0.15) is 28.9 Å². The number of sulfone groups is 1. The Balaban J connectivity index is 2.11. The van der Waals surface area contributed by atoms with Gasteiger partial charge in [0.05, 0.1) is 10.9 Å². The summed E-state index contributed by atoms with van der Waals surface area (Å²) in [4.78, 5) is 23.5. The fourth-order valence-electron chi connectivity index (χ4n) is 2.29. The fraction of sp³-hybridized carbons (Fsp3) is 0.222. The molecule has 0 heterocycles. The molecule has 144 valence electrons. The second-order valence-electron chi connectivity index (χ2n) is 5.83. The van der Waals surface area contributed by atoms with Crippen LogP contribution in [-0.2, 0) is 14.6 Å². The van der Waals surface area contributed by atoms with Crippen LogP contribution >= 0.6 is 0 Å². The largest absolute Gasteiger partial charge is 0.358 e. The van der Waals surface area contributed by atoms with Gasteiger partial charge in [-0.15, -0.1) is 0 Å². The Morgan fingerprint density at radius 1 is 1.04 bits per heavy atom. The average molecular weight is 396 g/mol. The summed E-state index contributed by atoms with van der Waals surface area (Å²) < 4.78 is 50.4. The molecule has 0 radical (unpaired) electrons. The highest BCUT2D eigenvalue weighted by Gasteiger charge is 2.19. The molecule has 0 saturated carbocycles. The second-order valence-corrected chi connectivity index (χ2v) is 7.81. The van der Waals surface area contributed by atoms with Gasteiger partial charge in [-0.25, -0.2) is 17.2 Å². The van der Waals surface area contributed by atoms with E-state index in [2.05, 4.69) is 10.6 Å². The minimum atomic E-state index is -3.81. The van der Waals surface area contributed by atoms with Crippen LogP contribution in [0.2, 0.25) is 0 Å². The summed E-state index contributed by atoms with van der Waals surface area (Å²) in [5, 5.41) is 4.85. The van der Waals surface area contributed by atoms with Gasteiger partial charge in [0.2, 0.25) is 5.91 Å². The van der Waals surface area contributed by atoms with Crippen molar-refractivity contribution >= 4 is 21.7 Å². The van der Waals surface area contributed by atoms with Gasteiger partial charge in [-0.05, 0) is 48.9 Å². The molecule has 0 aromatic heterocycles. The van der Waals surface area contributed by atoms with Crippen LogP contribution in [0.25, 0.3) is 0 Å². The number of amides is 2. The first kappa shape index (κ1) is 20.5. The maximum absolute atomic E-state index is 13.3. The van der Waals surface area contributed by atoms with Crippen LogP contribution in [0, 0.1) is 11.6 Å². The van der Waals surface area contributed by atoms with Gasteiger partial charge in [0.15, 0.2) is 21.5 Å². The lowest BCUT2D eigenvalue weighted by atomic mass is 10.1. The summed E-state index contributed by atoms with van der Waals surface area (Å²) >= 11 is 0. The van der Waals surface area contributed by atoms with Gasteiger partial charge in [-0.1, -0.05) is 6.07 Å². The Kier molecular flexibility index (Phi) is 6.27. The molecule has 2 N–H and O–H groups in total. The predicted octanol–water partition coefficient (Wildman–Crippen LogP) is 1.98. The van der Waals surface area contributed by atoms with Crippen molar-refractivity contribution in [3.05, 3.63) is 65.2 Å². The molecule has 0 bridgehead atoms. The summed E-state index contributed by atoms with van der Waals surface area (Å²) in [5.41, 5.74) is 0.565. The molecule has 0 aliphatic carbocycles. The molecular weight excluding hydrogens is 378 g/mol. The highest BCUT2D eigenvalue weighted by atomic mass is 32.2. The minimum absolute atomic E-state index is 0.0868. The van der Waals surface area contributed by atoms with Crippen LogP contribution in [0.4, 0.5) is 8.78 Å². The molecule has 6 nitrogen and oxygen atoms in total. The van der Waals surface area contributed by atoms with Gasteiger partial charge in [0, 0.05) is 12.6 Å². The third-order valence-corrected chi connectivity index (χ3v) is 5.50. The van der Waals surface area contributed by atoms with Gasteiger partial charge >= 0.3 is 0 Å². The monoisotopic (exact) mass is 396 g/mol.